The number of anilines is 1. The minimum atomic E-state index is -3.92. The molecule has 0 radical (unpaired) electrons. The molecular formula is C24H27FN4O6S. The highest BCUT2D eigenvalue weighted by atomic mass is 32.2. The van der Waals surface area contributed by atoms with E-state index in [1.807, 2.05) is 17.0 Å². The van der Waals surface area contributed by atoms with Crippen molar-refractivity contribution in [3.8, 4) is 34.3 Å². The molecule has 0 aliphatic carbocycles. The second-order valence-corrected chi connectivity index (χ2v) is 9.78. The van der Waals surface area contributed by atoms with E-state index < -0.39 is 15.8 Å². The number of halogens is 1. The minimum absolute atomic E-state index is 0.104. The van der Waals surface area contributed by atoms with Crippen LogP contribution in [0.3, 0.4) is 0 Å². The fourth-order valence-corrected chi connectivity index (χ4v) is 5.61. The maximum absolute atomic E-state index is 13.8. The van der Waals surface area contributed by atoms with Gasteiger partial charge >= 0.3 is 0 Å². The summed E-state index contributed by atoms with van der Waals surface area (Å²) in [5.74, 6) is 1.57. The van der Waals surface area contributed by atoms with Crippen molar-refractivity contribution in [2.45, 2.75) is 4.90 Å². The van der Waals surface area contributed by atoms with Gasteiger partial charge in [0.2, 0.25) is 15.8 Å². The van der Waals surface area contributed by atoms with Gasteiger partial charge in [0.15, 0.2) is 17.3 Å². The van der Waals surface area contributed by atoms with Crippen molar-refractivity contribution in [1.29, 1.82) is 0 Å². The molecule has 1 fully saturated rings. The lowest BCUT2D eigenvalue weighted by Crippen LogP contribution is -2.49. The third-order valence-electron chi connectivity index (χ3n) is 5.92. The molecule has 192 valence electrons. The first-order valence-electron chi connectivity index (χ1n) is 11.0. The summed E-state index contributed by atoms with van der Waals surface area (Å²) in [5, 5.41) is 8.69. The Morgan fingerprint density at radius 2 is 1.42 bits per heavy atom. The van der Waals surface area contributed by atoms with Gasteiger partial charge in [-0.3, -0.25) is 0 Å². The van der Waals surface area contributed by atoms with Crippen LogP contribution in [0.25, 0.3) is 11.3 Å². The molecule has 1 saturated heterocycles. The Kier molecular flexibility index (Phi) is 7.45. The molecule has 1 aliphatic heterocycles. The summed E-state index contributed by atoms with van der Waals surface area (Å²) < 4.78 is 62.6. The molecule has 0 saturated carbocycles. The van der Waals surface area contributed by atoms with Gasteiger partial charge in [-0.05, 0) is 42.5 Å². The smallest absolute Gasteiger partial charge is 0.246 e. The van der Waals surface area contributed by atoms with Crippen molar-refractivity contribution in [3.05, 3.63) is 48.3 Å². The van der Waals surface area contributed by atoms with E-state index >= 15 is 0 Å². The van der Waals surface area contributed by atoms with Crippen molar-refractivity contribution < 1.29 is 31.8 Å². The molecule has 3 aromatic rings. The summed E-state index contributed by atoms with van der Waals surface area (Å²) in [6.45, 7) is 1.21. The van der Waals surface area contributed by atoms with Crippen LogP contribution in [0.2, 0.25) is 0 Å². The van der Waals surface area contributed by atoms with E-state index in [2.05, 4.69) is 10.2 Å². The molecule has 4 rings (SSSR count). The van der Waals surface area contributed by atoms with E-state index in [1.165, 1.54) is 24.6 Å². The Morgan fingerprint density at radius 3 is 1.94 bits per heavy atom. The molecule has 12 heteroatoms. The molecule has 0 spiro atoms. The highest BCUT2D eigenvalue weighted by molar-refractivity contribution is 7.89. The molecule has 36 heavy (non-hydrogen) atoms. The first-order valence-corrected chi connectivity index (χ1v) is 12.5. The summed E-state index contributed by atoms with van der Waals surface area (Å²) in [5.41, 5.74) is 1.35. The first-order chi connectivity index (χ1) is 17.3. The van der Waals surface area contributed by atoms with E-state index in [0.717, 1.165) is 17.7 Å². The van der Waals surface area contributed by atoms with Gasteiger partial charge in [0, 0.05) is 31.7 Å². The lowest BCUT2D eigenvalue weighted by Gasteiger charge is -2.34. The molecule has 1 aliphatic rings. The Morgan fingerprint density at radius 1 is 0.778 bits per heavy atom. The molecule has 2 aromatic carbocycles. The van der Waals surface area contributed by atoms with E-state index in [4.69, 9.17) is 18.9 Å². The lowest BCUT2D eigenvalue weighted by molar-refractivity contribution is 0.324. The normalized spacial score (nSPS) is 14.4. The maximum Gasteiger partial charge on any atom is 0.246 e. The number of aromatic nitrogens is 2. The Hall–Kier alpha value is -3.64. The highest BCUT2D eigenvalue weighted by Gasteiger charge is 2.31. The molecule has 0 bridgehead atoms. The topological polar surface area (TPSA) is 103 Å². The molecule has 1 aromatic heterocycles. The molecule has 2 heterocycles. The van der Waals surface area contributed by atoms with Crippen molar-refractivity contribution in [3.63, 3.8) is 0 Å². The zero-order valence-corrected chi connectivity index (χ0v) is 21.2. The fraction of sp³-hybridized carbons (Fsp3) is 0.333. The SMILES string of the molecule is COc1ccc(F)cc1S(=O)(=O)N1CCN(c2ccc(-c3cc(OC)c(OC)c(OC)c3)nn2)CC1. The number of nitrogens with zero attached hydrogens (tertiary/aromatic N) is 4. The first kappa shape index (κ1) is 25.5. The van der Waals surface area contributed by atoms with Crippen LogP contribution in [0.5, 0.6) is 23.0 Å². The Bertz CT molecular complexity index is 1300. The second kappa shape index (κ2) is 10.5. The lowest BCUT2D eigenvalue weighted by atomic mass is 10.1. The number of ether oxygens (including phenoxy) is 4. The van der Waals surface area contributed by atoms with Crippen molar-refractivity contribution in [2.75, 3.05) is 59.5 Å². The number of hydrogen-bond donors (Lipinski definition) is 0. The number of hydrogen-bond acceptors (Lipinski definition) is 9. The summed E-state index contributed by atoms with van der Waals surface area (Å²) >= 11 is 0. The van der Waals surface area contributed by atoms with Crippen LogP contribution in [0.4, 0.5) is 10.2 Å². The quantitative estimate of drug-likeness (QED) is 0.445. The summed E-state index contributed by atoms with van der Waals surface area (Å²) in [4.78, 5) is 1.76. The molecule has 10 nitrogen and oxygen atoms in total. The van der Waals surface area contributed by atoms with Gasteiger partial charge in [-0.15, -0.1) is 10.2 Å². The van der Waals surface area contributed by atoms with Crippen LogP contribution in [0.15, 0.2) is 47.4 Å². The van der Waals surface area contributed by atoms with Gasteiger partial charge in [0.25, 0.3) is 0 Å². The monoisotopic (exact) mass is 518 g/mol. The van der Waals surface area contributed by atoms with Crippen molar-refractivity contribution in [1.82, 2.24) is 14.5 Å². The van der Waals surface area contributed by atoms with E-state index in [9.17, 15) is 12.8 Å². The second-order valence-electron chi connectivity index (χ2n) is 7.88. The van der Waals surface area contributed by atoms with Gasteiger partial charge in [-0.2, -0.15) is 4.31 Å². The Balaban J connectivity index is 1.49. The largest absolute Gasteiger partial charge is 0.495 e. The van der Waals surface area contributed by atoms with Gasteiger partial charge in [0.05, 0.1) is 34.1 Å². The summed E-state index contributed by atoms with van der Waals surface area (Å²) in [7, 11) is 2.05. The summed E-state index contributed by atoms with van der Waals surface area (Å²) in [6.07, 6.45) is 0. The van der Waals surface area contributed by atoms with Crippen LogP contribution in [-0.2, 0) is 10.0 Å². The van der Waals surface area contributed by atoms with Gasteiger partial charge in [-0.1, -0.05) is 0 Å². The molecule has 0 amide bonds. The molecular weight excluding hydrogens is 491 g/mol. The van der Waals surface area contributed by atoms with E-state index in [1.54, 1.807) is 26.4 Å². The number of rotatable bonds is 8. The minimum Gasteiger partial charge on any atom is -0.495 e. The standard InChI is InChI=1S/C24H27FN4O6S/c1-32-19-7-5-17(25)15-22(19)36(30,31)29-11-9-28(10-12-29)23-8-6-18(26-27-23)16-13-20(33-2)24(35-4)21(14-16)34-3/h5-8,13-15H,9-12H2,1-4H3. The zero-order valence-electron chi connectivity index (χ0n) is 20.4. The van der Waals surface area contributed by atoms with Crippen molar-refractivity contribution in [2.24, 2.45) is 0 Å². The number of sulfonamides is 1. The third kappa shape index (κ3) is 4.86. The highest BCUT2D eigenvalue weighted by Crippen LogP contribution is 2.40. The average molecular weight is 519 g/mol. The number of piperazine rings is 1. The maximum atomic E-state index is 13.8. The molecule has 0 atom stereocenters. The predicted molar refractivity (Wildman–Crippen MR) is 131 cm³/mol. The van der Waals surface area contributed by atoms with Gasteiger partial charge in [0.1, 0.15) is 16.5 Å². The summed E-state index contributed by atoms with van der Waals surface area (Å²) in [6, 6.07) is 10.7. The van der Waals surface area contributed by atoms with Gasteiger partial charge in [-0.25, -0.2) is 12.8 Å². The van der Waals surface area contributed by atoms with Crippen LogP contribution in [0, 0.1) is 5.82 Å². The van der Waals surface area contributed by atoms with Crippen LogP contribution in [-0.4, -0.2) is 77.5 Å². The number of benzene rings is 2. The zero-order chi connectivity index (χ0) is 25.9. The molecule has 0 N–H and O–H groups in total. The number of methoxy groups -OCH3 is 4. The van der Waals surface area contributed by atoms with Crippen LogP contribution < -0.4 is 23.8 Å². The Labute approximate surface area is 209 Å². The molecule has 0 unspecified atom stereocenters. The fourth-order valence-electron chi connectivity index (χ4n) is 4.03. The average Bonchev–Trinajstić information content (AvgIpc) is 2.92. The van der Waals surface area contributed by atoms with Crippen LogP contribution in [0.1, 0.15) is 0 Å². The third-order valence-corrected chi connectivity index (χ3v) is 7.84. The van der Waals surface area contributed by atoms with E-state index in [0.29, 0.717) is 41.8 Å². The van der Waals surface area contributed by atoms with Gasteiger partial charge < -0.3 is 23.8 Å². The van der Waals surface area contributed by atoms with Crippen molar-refractivity contribution >= 4 is 15.8 Å². The van der Waals surface area contributed by atoms with Crippen LogP contribution >= 0.6 is 0 Å². The van der Waals surface area contributed by atoms with E-state index in [-0.39, 0.29) is 23.7 Å². The predicted octanol–water partition coefficient (Wildman–Crippen LogP) is 2.83.